The molecule has 424 valence electrons. The fraction of sp³-hybridized carbons (Fsp3) is 0.694. The number of phosphoric acid groups is 1. The molecular formula is C62H105O11P. The molecule has 74 heavy (non-hydrogen) atoms. The van der Waals surface area contributed by atoms with Gasteiger partial charge in [-0.3, -0.25) is 23.4 Å². The number of carbonyl (C=O) groups is 3. The van der Waals surface area contributed by atoms with Crippen LogP contribution in [0.25, 0.3) is 0 Å². The summed E-state index contributed by atoms with van der Waals surface area (Å²) in [5.74, 6) is -1.58. The summed E-state index contributed by atoms with van der Waals surface area (Å²) in [7, 11) is -4.77. The molecule has 3 unspecified atom stereocenters. The van der Waals surface area contributed by atoms with E-state index < -0.39 is 57.8 Å². The second-order valence-corrected chi connectivity index (χ2v) is 20.5. The number of ether oxygens (including phenoxy) is 3. The van der Waals surface area contributed by atoms with Crippen LogP contribution in [0, 0.1) is 0 Å². The highest BCUT2D eigenvalue weighted by molar-refractivity contribution is 7.47. The number of phosphoric ester groups is 1. The molecule has 0 saturated carbocycles. The van der Waals surface area contributed by atoms with Gasteiger partial charge in [-0.15, -0.1) is 0 Å². The number of hydrogen-bond donors (Lipinski definition) is 2. The molecule has 0 saturated heterocycles. The highest BCUT2D eigenvalue weighted by Gasteiger charge is 2.28. The van der Waals surface area contributed by atoms with Gasteiger partial charge >= 0.3 is 25.7 Å². The molecule has 0 aromatic heterocycles. The summed E-state index contributed by atoms with van der Waals surface area (Å²) in [6, 6.07) is 0. The van der Waals surface area contributed by atoms with Crippen LogP contribution in [0.4, 0.5) is 0 Å². The minimum atomic E-state index is -4.77. The fourth-order valence-electron chi connectivity index (χ4n) is 7.60. The van der Waals surface area contributed by atoms with Crippen molar-refractivity contribution in [3.63, 3.8) is 0 Å². The van der Waals surface area contributed by atoms with E-state index in [-0.39, 0.29) is 25.9 Å². The molecule has 0 amide bonds. The van der Waals surface area contributed by atoms with E-state index in [4.69, 9.17) is 23.3 Å². The maximum absolute atomic E-state index is 12.9. The van der Waals surface area contributed by atoms with Crippen LogP contribution in [0.3, 0.4) is 0 Å². The van der Waals surface area contributed by atoms with E-state index in [2.05, 4.69) is 106 Å². The van der Waals surface area contributed by atoms with Gasteiger partial charge in [0, 0.05) is 19.3 Å². The minimum Gasteiger partial charge on any atom is -0.462 e. The van der Waals surface area contributed by atoms with E-state index >= 15 is 0 Å². The van der Waals surface area contributed by atoms with Gasteiger partial charge in [0.15, 0.2) is 6.10 Å². The normalized spacial score (nSPS) is 14.1. The quantitative estimate of drug-likeness (QED) is 0.0197. The molecule has 0 aliphatic carbocycles. The maximum Gasteiger partial charge on any atom is 0.472 e. The third-order valence-electron chi connectivity index (χ3n) is 12.0. The summed E-state index contributed by atoms with van der Waals surface area (Å²) in [6.07, 6.45) is 65.2. The lowest BCUT2D eigenvalue weighted by Gasteiger charge is -2.21. The Balaban J connectivity index is 4.83. The predicted octanol–water partition coefficient (Wildman–Crippen LogP) is 17.3. The lowest BCUT2D eigenvalue weighted by molar-refractivity contribution is -0.161. The Hall–Kier alpha value is -3.60. The Labute approximate surface area is 451 Å². The first-order chi connectivity index (χ1) is 36.2. The molecule has 3 atom stereocenters. The van der Waals surface area contributed by atoms with Crippen molar-refractivity contribution >= 4 is 25.7 Å². The standard InChI is InChI=1S/C62H105O11P/c1-4-7-10-13-16-19-22-25-27-28-29-30-32-35-38-41-44-47-50-53-62(66)73-59(55-69-60(64)51-48-45-42-39-36-33-24-21-18-15-12-9-6-3)57-71-74(67,68)70-56-58(54-63)72-61(65)52-49-46-43-40-37-34-31-26-23-20-17-14-11-8-5-2/h7,10,12,15-16,19,21,24-25,27,29-30,35,38,44,47,58-59,63H,4-6,8-9,11,13-14,17-18,20,22-23,26,28,31-34,36-37,39-43,45-46,48-57H2,1-3H3,(H,67,68)/b10-7-,15-12-,19-16-,24-21-,27-25-,30-29-,38-35-,47-44-. The SMILES string of the molecule is CC/C=C\C/C=C\C/C=C\C/C=C\C/C=C\C/C=C\CCC(=O)OC(COC(=O)CCCCCCC/C=C\C/C=C\CCC)COP(=O)(O)OCC(CO)OC(=O)CCCCCCCCCCCCCCCCC. The number of aliphatic hydroxyl groups is 1. The second-order valence-electron chi connectivity index (χ2n) is 19.1. The lowest BCUT2D eigenvalue weighted by atomic mass is 10.0. The number of rotatable bonds is 53. The van der Waals surface area contributed by atoms with Gasteiger partial charge in [-0.2, -0.15) is 0 Å². The van der Waals surface area contributed by atoms with Crippen LogP contribution < -0.4 is 0 Å². The van der Waals surface area contributed by atoms with Crippen LogP contribution in [0.1, 0.15) is 239 Å². The van der Waals surface area contributed by atoms with Gasteiger partial charge in [0.05, 0.1) is 19.8 Å². The Bertz CT molecular complexity index is 1610. The van der Waals surface area contributed by atoms with Crippen LogP contribution in [0.5, 0.6) is 0 Å². The molecule has 0 fully saturated rings. The molecule has 0 aliphatic rings. The molecular weight excluding hydrogens is 952 g/mol. The van der Waals surface area contributed by atoms with Gasteiger partial charge in [0.1, 0.15) is 12.7 Å². The third-order valence-corrected chi connectivity index (χ3v) is 12.9. The molecule has 2 N–H and O–H groups in total. The Morgan fingerprint density at radius 2 is 0.757 bits per heavy atom. The van der Waals surface area contributed by atoms with Gasteiger partial charge < -0.3 is 24.2 Å². The second kappa shape index (κ2) is 55.6. The summed E-state index contributed by atoms with van der Waals surface area (Å²) in [4.78, 5) is 48.5. The van der Waals surface area contributed by atoms with Crippen molar-refractivity contribution in [3.8, 4) is 0 Å². The Morgan fingerprint density at radius 1 is 0.392 bits per heavy atom. The Kier molecular flexibility index (Phi) is 52.9. The summed E-state index contributed by atoms with van der Waals surface area (Å²) < 4.78 is 39.4. The van der Waals surface area contributed by atoms with Crippen LogP contribution >= 0.6 is 7.82 Å². The molecule has 0 aromatic carbocycles. The van der Waals surface area contributed by atoms with Crippen molar-refractivity contribution in [1.29, 1.82) is 0 Å². The summed E-state index contributed by atoms with van der Waals surface area (Å²) in [6.45, 7) is 4.37. The number of carbonyl (C=O) groups excluding carboxylic acids is 3. The first-order valence-electron chi connectivity index (χ1n) is 29.1. The highest BCUT2D eigenvalue weighted by Crippen LogP contribution is 2.43. The van der Waals surface area contributed by atoms with Crippen LogP contribution in [0.2, 0.25) is 0 Å². The molecule has 0 aromatic rings. The topological polar surface area (TPSA) is 155 Å². The van der Waals surface area contributed by atoms with Gasteiger partial charge in [0.25, 0.3) is 0 Å². The molecule has 0 radical (unpaired) electrons. The van der Waals surface area contributed by atoms with Crippen molar-refractivity contribution in [2.75, 3.05) is 26.4 Å². The average Bonchev–Trinajstić information content (AvgIpc) is 3.39. The number of aliphatic hydroxyl groups excluding tert-OH is 1. The van der Waals surface area contributed by atoms with Gasteiger partial charge in [-0.25, -0.2) is 4.57 Å². The van der Waals surface area contributed by atoms with E-state index in [1.54, 1.807) is 0 Å². The van der Waals surface area contributed by atoms with Gasteiger partial charge in [0.2, 0.25) is 0 Å². The zero-order chi connectivity index (χ0) is 54.1. The largest absolute Gasteiger partial charge is 0.472 e. The van der Waals surface area contributed by atoms with E-state index in [0.717, 1.165) is 103 Å². The number of hydrogen-bond acceptors (Lipinski definition) is 10. The molecule has 11 nitrogen and oxygen atoms in total. The fourth-order valence-corrected chi connectivity index (χ4v) is 8.38. The number of esters is 3. The smallest absolute Gasteiger partial charge is 0.462 e. The predicted molar refractivity (Wildman–Crippen MR) is 307 cm³/mol. The lowest BCUT2D eigenvalue weighted by Crippen LogP contribution is -2.30. The van der Waals surface area contributed by atoms with Crippen molar-refractivity contribution < 1.29 is 52.2 Å². The molecule has 0 rings (SSSR count). The number of allylic oxidation sites excluding steroid dienone is 16. The Morgan fingerprint density at radius 3 is 1.22 bits per heavy atom. The van der Waals surface area contributed by atoms with Crippen molar-refractivity contribution in [2.45, 2.75) is 251 Å². The molecule has 0 spiro atoms. The van der Waals surface area contributed by atoms with E-state index in [1.807, 2.05) is 12.2 Å². The van der Waals surface area contributed by atoms with Gasteiger partial charge in [-0.05, 0) is 83.5 Å². The average molecular weight is 1060 g/mol. The summed E-state index contributed by atoms with van der Waals surface area (Å²) in [5, 5.41) is 9.82. The first kappa shape index (κ1) is 70.4. The molecule has 0 heterocycles. The maximum atomic E-state index is 12.9. The molecule has 0 aliphatic heterocycles. The van der Waals surface area contributed by atoms with Gasteiger partial charge in [-0.1, -0.05) is 234 Å². The minimum absolute atomic E-state index is 0.0364. The summed E-state index contributed by atoms with van der Waals surface area (Å²) in [5.41, 5.74) is 0. The van der Waals surface area contributed by atoms with Crippen molar-refractivity contribution in [2.24, 2.45) is 0 Å². The van der Waals surface area contributed by atoms with Crippen molar-refractivity contribution in [3.05, 3.63) is 97.2 Å². The highest BCUT2D eigenvalue weighted by atomic mass is 31.2. The zero-order valence-corrected chi connectivity index (χ0v) is 47.7. The van der Waals surface area contributed by atoms with Crippen LogP contribution in [0.15, 0.2) is 97.2 Å². The summed E-state index contributed by atoms with van der Waals surface area (Å²) >= 11 is 0. The molecule has 12 heteroatoms. The molecule has 0 bridgehead atoms. The van der Waals surface area contributed by atoms with Crippen LogP contribution in [-0.2, 0) is 42.2 Å². The van der Waals surface area contributed by atoms with E-state index in [9.17, 15) is 28.9 Å². The van der Waals surface area contributed by atoms with E-state index in [1.165, 1.54) is 70.6 Å². The van der Waals surface area contributed by atoms with E-state index in [0.29, 0.717) is 25.7 Å². The number of unbranched alkanes of at least 4 members (excludes halogenated alkanes) is 20. The zero-order valence-electron chi connectivity index (χ0n) is 46.8. The monoisotopic (exact) mass is 1060 g/mol. The van der Waals surface area contributed by atoms with Crippen LogP contribution in [-0.4, -0.2) is 66.5 Å². The third kappa shape index (κ3) is 53.2. The first-order valence-corrected chi connectivity index (χ1v) is 30.6. The van der Waals surface area contributed by atoms with Crippen molar-refractivity contribution in [1.82, 2.24) is 0 Å².